The van der Waals surface area contributed by atoms with Gasteiger partial charge in [-0.05, 0) is 44.0 Å². The number of aliphatic hydroxyl groups is 1. The highest BCUT2D eigenvalue weighted by Gasteiger charge is 2.12. The average molecular weight is 295 g/mol. The van der Waals surface area contributed by atoms with Crippen molar-refractivity contribution >= 4 is 11.6 Å². The quantitative estimate of drug-likeness (QED) is 0.941. The zero-order valence-corrected chi connectivity index (χ0v) is 12.9. The Kier molecular flexibility index (Phi) is 4.35. The van der Waals surface area contributed by atoms with Crippen LogP contribution in [0.1, 0.15) is 35.5 Å². The van der Waals surface area contributed by atoms with Gasteiger partial charge in [0.25, 0.3) is 0 Å². The lowest BCUT2D eigenvalue weighted by molar-refractivity contribution is 0.199. The first-order valence-electron chi connectivity index (χ1n) is 6.49. The Hall–Kier alpha value is -1.52. The zero-order chi connectivity index (χ0) is 14.9. The van der Waals surface area contributed by atoms with Crippen LogP contribution in [0, 0.1) is 13.8 Å². The third-order valence-corrected chi connectivity index (χ3v) is 3.80. The fourth-order valence-electron chi connectivity index (χ4n) is 2.08. The molecule has 0 spiro atoms. The van der Waals surface area contributed by atoms with Gasteiger partial charge >= 0.3 is 0 Å². The van der Waals surface area contributed by atoms with Crippen molar-refractivity contribution in [1.82, 2.24) is 9.78 Å². The van der Waals surface area contributed by atoms with Gasteiger partial charge < -0.3 is 9.84 Å². The molecule has 4 nitrogen and oxygen atoms in total. The van der Waals surface area contributed by atoms with E-state index in [0.717, 1.165) is 28.3 Å². The summed E-state index contributed by atoms with van der Waals surface area (Å²) in [6, 6.07) is 5.66. The Bertz CT molecular complexity index is 621. The summed E-state index contributed by atoms with van der Waals surface area (Å²) < 4.78 is 7.54. The Morgan fingerprint density at radius 1 is 1.40 bits per heavy atom. The van der Waals surface area contributed by atoms with Crippen molar-refractivity contribution in [2.75, 3.05) is 0 Å². The molecule has 0 amide bonds. The molecule has 1 heterocycles. The van der Waals surface area contributed by atoms with Gasteiger partial charge in [-0.15, -0.1) is 0 Å². The van der Waals surface area contributed by atoms with Crippen molar-refractivity contribution in [2.45, 2.75) is 33.5 Å². The minimum atomic E-state index is -0.475. The summed E-state index contributed by atoms with van der Waals surface area (Å²) in [7, 11) is 1.85. The number of aliphatic hydroxyl groups excluding tert-OH is 1. The van der Waals surface area contributed by atoms with E-state index >= 15 is 0 Å². The summed E-state index contributed by atoms with van der Waals surface area (Å²) in [5.74, 6) is 0.782. The molecule has 1 atom stereocenters. The summed E-state index contributed by atoms with van der Waals surface area (Å²) in [5.41, 5.74) is 3.51. The van der Waals surface area contributed by atoms with E-state index in [4.69, 9.17) is 16.3 Å². The van der Waals surface area contributed by atoms with Crippen LogP contribution in [0.5, 0.6) is 5.75 Å². The van der Waals surface area contributed by atoms with Gasteiger partial charge in [0.15, 0.2) is 0 Å². The SMILES string of the molecule is Cc1cc([C@@H](C)O)ccc1OCc1c(Cl)c(C)nn1C. The van der Waals surface area contributed by atoms with Gasteiger partial charge in [0.05, 0.1) is 22.5 Å². The van der Waals surface area contributed by atoms with Crippen LogP contribution in [-0.4, -0.2) is 14.9 Å². The molecule has 0 unspecified atom stereocenters. The van der Waals surface area contributed by atoms with Crippen LogP contribution in [0.25, 0.3) is 0 Å². The molecule has 0 saturated carbocycles. The number of rotatable bonds is 4. The second-order valence-corrected chi connectivity index (χ2v) is 5.34. The van der Waals surface area contributed by atoms with Crippen LogP contribution in [-0.2, 0) is 13.7 Å². The minimum absolute atomic E-state index is 0.366. The standard InChI is InChI=1S/C15H19ClN2O2/c1-9-7-12(11(3)19)5-6-14(9)20-8-13-15(16)10(2)17-18(13)4/h5-7,11,19H,8H2,1-4H3/t11-/m1/s1. The van der Waals surface area contributed by atoms with E-state index in [1.165, 1.54) is 0 Å². The largest absolute Gasteiger partial charge is 0.487 e. The van der Waals surface area contributed by atoms with Crippen LogP contribution in [0.3, 0.4) is 0 Å². The van der Waals surface area contributed by atoms with Crippen LogP contribution in [0.15, 0.2) is 18.2 Å². The molecule has 1 N–H and O–H groups in total. The Labute approximate surface area is 123 Å². The van der Waals surface area contributed by atoms with E-state index in [0.29, 0.717) is 11.6 Å². The maximum absolute atomic E-state index is 9.55. The van der Waals surface area contributed by atoms with Gasteiger partial charge in [0.2, 0.25) is 0 Å². The molecule has 2 rings (SSSR count). The van der Waals surface area contributed by atoms with Crippen molar-refractivity contribution in [3.8, 4) is 5.75 Å². The molecule has 0 aliphatic heterocycles. The van der Waals surface area contributed by atoms with E-state index in [1.54, 1.807) is 11.6 Å². The fourth-order valence-corrected chi connectivity index (χ4v) is 2.29. The first-order valence-corrected chi connectivity index (χ1v) is 6.87. The summed E-state index contributed by atoms with van der Waals surface area (Å²) >= 11 is 6.19. The lowest BCUT2D eigenvalue weighted by Crippen LogP contribution is -2.04. The van der Waals surface area contributed by atoms with Crippen LogP contribution >= 0.6 is 11.6 Å². The lowest BCUT2D eigenvalue weighted by Gasteiger charge is -2.12. The first kappa shape index (κ1) is 14.9. The minimum Gasteiger partial charge on any atom is -0.487 e. The number of halogens is 1. The third-order valence-electron chi connectivity index (χ3n) is 3.31. The van der Waals surface area contributed by atoms with Crippen molar-refractivity contribution < 1.29 is 9.84 Å². The van der Waals surface area contributed by atoms with Crippen molar-refractivity contribution in [3.63, 3.8) is 0 Å². The maximum Gasteiger partial charge on any atom is 0.131 e. The second kappa shape index (κ2) is 5.85. The number of aryl methyl sites for hydroxylation is 3. The smallest absolute Gasteiger partial charge is 0.131 e. The summed E-state index contributed by atoms with van der Waals surface area (Å²) in [4.78, 5) is 0. The Morgan fingerprint density at radius 2 is 2.10 bits per heavy atom. The van der Waals surface area contributed by atoms with Crippen LogP contribution in [0.4, 0.5) is 0 Å². The molecule has 1 aromatic heterocycles. The van der Waals surface area contributed by atoms with Gasteiger partial charge in [0, 0.05) is 7.05 Å². The van der Waals surface area contributed by atoms with Gasteiger partial charge in [-0.3, -0.25) is 4.68 Å². The predicted octanol–water partition coefficient (Wildman–Crippen LogP) is 3.32. The van der Waals surface area contributed by atoms with Crippen molar-refractivity contribution in [3.05, 3.63) is 45.7 Å². The monoisotopic (exact) mass is 294 g/mol. The normalized spacial score (nSPS) is 12.5. The molecule has 0 bridgehead atoms. The van der Waals surface area contributed by atoms with E-state index in [1.807, 2.05) is 39.1 Å². The number of ether oxygens (including phenoxy) is 1. The highest BCUT2D eigenvalue weighted by molar-refractivity contribution is 6.31. The number of nitrogens with zero attached hydrogens (tertiary/aromatic N) is 2. The molecule has 2 aromatic rings. The molecule has 0 aliphatic rings. The van der Waals surface area contributed by atoms with Crippen LogP contribution in [0.2, 0.25) is 5.02 Å². The molecular weight excluding hydrogens is 276 g/mol. The summed E-state index contributed by atoms with van der Waals surface area (Å²) in [6.45, 7) is 5.93. The van der Waals surface area contributed by atoms with Crippen molar-refractivity contribution in [1.29, 1.82) is 0 Å². The Balaban J connectivity index is 2.15. The average Bonchev–Trinajstić information content (AvgIpc) is 2.62. The zero-order valence-electron chi connectivity index (χ0n) is 12.1. The molecule has 1 aromatic carbocycles. The Morgan fingerprint density at radius 3 is 2.60 bits per heavy atom. The van der Waals surface area contributed by atoms with Crippen molar-refractivity contribution in [2.24, 2.45) is 7.05 Å². The summed E-state index contributed by atoms with van der Waals surface area (Å²) in [5, 5.41) is 14.5. The van der Waals surface area contributed by atoms with Gasteiger partial charge in [-0.1, -0.05) is 17.7 Å². The van der Waals surface area contributed by atoms with E-state index in [-0.39, 0.29) is 0 Å². The van der Waals surface area contributed by atoms with E-state index < -0.39 is 6.10 Å². The lowest BCUT2D eigenvalue weighted by atomic mass is 10.1. The molecule has 5 heteroatoms. The topological polar surface area (TPSA) is 47.3 Å². The van der Waals surface area contributed by atoms with E-state index in [2.05, 4.69) is 5.10 Å². The molecule has 0 radical (unpaired) electrons. The highest BCUT2D eigenvalue weighted by Crippen LogP contribution is 2.25. The number of hydrogen-bond acceptors (Lipinski definition) is 3. The van der Waals surface area contributed by atoms with Gasteiger partial charge in [-0.2, -0.15) is 5.10 Å². The molecule has 0 fully saturated rings. The molecule has 0 aliphatic carbocycles. The maximum atomic E-state index is 9.55. The fraction of sp³-hybridized carbons (Fsp3) is 0.400. The van der Waals surface area contributed by atoms with Gasteiger partial charge in [-0.25, -0.2) is 0 Å². The molecular formula is C15H19ClN2O2. The van der Waals surface area contributed by atoms with E-state index in [9.17, 15) is 5.11 Å². The highest BCUT2D eigenvalue weighted by atomic mass is 35.5. The summed E-state index contributed by atoms with van der Waals surface area (Å²) in [6.07, 6.45) is -0.475. The second-order valence-electron chi connectivity index (χ2n) is 4.96. The predicted molar refractivity (Wildman–Crippen MR) is 79.1 cm³/mol. The molecule has 20 heavy (non-hydrogen) atoms. The molecule has 108 valence electrons. The number of hydrogen-bond donors (Lipinski definition) is 1. The molecule has 0 saturated heterocycles. The number of benzene rings is 1. The number of aromatic nitrogens is 2. The van der Waals surface area contributed by atoms with Crippen LogP contribution < -0.4 is 4.74 Å². The first-order chi connectivity index (χ1) is 9.40. The third kappa shape index (κ3) is 2.97. The van der Waals surface area contributed by atoms with Gasteiger partial charge in [0.1, 0.15) is 12.4 Å².